The van der Waals surface area contributed by atoms with Gasteiger partial charge in [0.25, 0.3) is 0 Å². The van der Waals surface area contributed by atoms with E-state index in [1.54, 1.807) is 0 Å². The van der Waals surface area contributed by atoms with Gasteiger partial charge in [0.15, 0.2) is 0 Å². The molecule has 4 nitrogen and oxygen atoms in total. The number of likely N-dealkylation sites (tertiary alicyclic amines) is 1. The molecule has 0 radical (unpaired) electrons. The zero-order valence-electron chi connectivity index (χ0n) is 12.5. The van der Waals surface area contributed by atoms with Crippen molar-refractivity contribution in [1.29, 1.82) is 0 Å². The molecule has 0 spiro atoms. The van der Waals surface area contributed by atoms with Gasteiger partial charge in [0, 0.05) is 31.0 Å². The van der Waals surface area contributed by atoms with E-state index in [9.17, 15) is 5.11 Å². The van der Waals surface area contributed by atoms with Crippen molar-refractivity contribution >= 4 is 0 Å². The summed E-state index contributed by atoms with van der Waals surface area (Å²) in [6.45, 7) is 8.90. The molecular formula is C15H27N3O. The number of hydrogen-bond donors (Lipinski definition) is 1. The zero-order valence-corrected chi connectivity index (χ0v) is 12.5. The summed E-state index contributed by atoms with van der Waals surface area (Å²) in [6, 6.07) is 0.539. The number of aliphatic hydroxyl groups is 1. The summed E-state index contributed by atoms with van der Waals surface area (Å²) in [5.74, 6) is 0. The second kappa shape index (κ2) is 6.06. The van der Waals surface area contributed by atoms with Crippen LogP contribution in [0.25, 0.3) is 0 Å². The van der Waals surface area contributed by atoms with E-state index < -0.39 is 0 Å². The van der Waals surface area contributed by atoms with Crippen LogP contribution < -0.4 is 0 Å². The van der Waals surface area contributed by atoms with Gasteiger partial charge >= 0.3 is 0 Å². The van der Waals surface area contributed by atoms with Crippen LogP contribution in [0.1, 0.15) is 52.0 Å². The molecule has 1 N–H and O–H groups in total. The third-order valence-corrected chi connectivity index (χ3v) is 3.92. The van der Waals surface area contributed by atoms with Gasteiger partial charge in [-0.2, -0.15) is 5.10 Å². The third kappa shape index (κ3) is 3.80. The van der Waals surface area contributed by atoms with Crippen molar-refractivity contribution in [1.82, 2.24) is 14.7 Å². The summed E-state index contributed by atoms with van der Waals surface area (Å²) in [5.41, 5.74) is 1.32. The van der Waals surface area contributed by atoms with Crippen LogP contribution >= 0.6 is 0 Å². The highest BCUT2D eigenvalue weighted by atomic mass is 16.3. The van der Waals surface area contributed by atoms with Gasteiger partial charge in [-0.3, -0.25) is 9.58 Å². The number of piperidine rings is 1. The Kier molecular flexibility index (Phi) is 4.63. The Hall–Kier alpha value is -0.870. The van der Waals surface area contributed by atoms with Gasteiger partial charge in [-0.15, -0.1) is 0 Å². The summed E-state index contributed by atoms with van der Waals surface area (Å²) in [5, 5.41) is 13.6. The first-order valence-corrected chi connectivity index (χ1v) is 7.39. The minimum Gasteiger partial charge on any atom is -0.396 e. The number of nitrogens with zero attached hydrogens (tertiary/aromatic N) is 3. The molecule has 1 aliphatic heterocycles. The zero-order chi connectivity index (χ0) is 13.9. The van der Waals surface area contributed by atoms with E-state index in [0.29, 0.717) is 12.6 Å². The van der Waals surface area contributed by atoms with Crippen molar-refractivity contribution in [2.45, 2.75) is 64.6 Å². The summed E-state index contributed by atoms with van der Waals surface area (Å²) in [4.78, 5) is 2.50. The fraction of sp³-hybridized carbons (Fsp3) is 0.800. The molecule has 2 rings (SSSR count). The Morgan fingerprint density at radius 2 is 2.16 bits per heavy atom. The standard InChI is InChI=1S/C15H27N3O/c1-15(2,3)18-12-13(10-16-18)11-17-8-5-4-6-14(17)7-9-19/h10,12,14,19H,4-9,11H2,1-3H3. The first-order chi connectivity index (χ1) is 9.00. The van der Waals surface area contributed by atoms with Crippen LogP contribution in [0, 0.1) is 0 Å². The second-order valence-corrected chi connectivity index (χ2v) is 6.60. The van der Waals surface area contributed by atoms with Crippen LogP contribution in [-0.4, -0.2) is 39.0 Å². The van der Waals surface area contributed by atoms with Gasteiger partial charge in [-0.25, -0.2) is 0 Å². The van der Waals surface area contributed by atoms with Gasteiger partial charge in [0.05, 0.1) is 11.7 Å². The molecule has 2 heterocycles. The molecule has 0 saturated carbocycles. The molecule has 1 fully saturated rings. The van der Waals surface area contributed by atoms with Crippen molar-refractivity contribution < 1.29 is 5.11 Å². The molecule has 1 aliphatic rings. The molecule has 1 aromatic rings. The fourth-order valence-corrected chi connectivity index (χ4v) is 2.79. The van der Waals surface area contributed by atoms with Crippen LogP contribution in [0.5, 0.6) is 0 Å². The summed E-state index contributed by atoms with van der Waals surface area (Å²) >= 11 is 0. The number of aliphatic hydroxyl groups excluding tert-OH is 1. The van der Waals surface area contributed by atoms with Crippen molar-refractivity contribution in [2.75, 3.05) is 13.2 Å². The molecule has 0 aromatic carbocycles. The largest absolute Gasteiger partial charge is 0.396 e. The molecule has 0 bridgehead atoms. The van der Waals surface area contributed by atoms with E-state index in [4.69, 9.17) is 0 Å². The van der Waals surface area contributed by atoms with Crippen LogP contribution in [0.4, 0.5) is 0 Å². The molecule has 1 saturated heterocycles. The van der Waals surface area contributed by atoms with Crippen molar-refractivity contribution in [3.05, 3.63) is 18.0 Å². The number of rotatable bonds is 4. The van der Waals surface area contributed by atoms with E-state index in [1.165, 1.54) is 24.8 Å². The van der Waals surface area contributed by atoms with Gasteiger partial charge in [0.2, 0.25) is 0 Å². The van der Waals surface area contributed by atoms with E-state index in [-0.39, 0.29) is 5.54 Å². The number of hydrogen-bond acceptors (Lipinski definition) is 3. The van der Waals surface area contributed by atoms with Crippen LogP contribution in [0.3, 0.4) is 0 Å². The summed E-state index contributed by atoms with van der Waals surface area (Å²) in [6.07, 6.45) is 8.82. The van der Waals surface area contributed by atoms with E-state index in [1.807, 2.05) is 10.9 Å². The van der Waals surface area contributed by atoms with Crippen LogP contribution in [0.15, 0.2) is 12.4 Å². The molecule has 1 unspecified atom stereocenters. The minimum atomic E-state index is 0.0463. The first kappa shape index (κ1) is 14.5. The molecule has 0 aliphatic carbocycles. The molecule has 0 amide bonds. The molecule has 1 atom stereocenters. The Morgan fingerprint density at radius 3 is 2.79 bits per heavy atom. The van der Waals surface area contributed by atoms with Crippen molar-refractivity contribution in [2.24, 2.45) is 0 Å². The Balaban J connectivity index is 2.00. The average Bonchev–Trinajstić information content (AvgIpc) is 2.80. The average molecular weight is 265 g/mol. The highest BCUT2D eigenvalue weighted by Crippen LogP contribution is 2.22. The quantitative estimate of drug-likeness (QED) is 0.908. The Bertz CT molecular complexity index is 392. The van der Waals surface area contributed by atoms with Gasteiger partial charge in [0.1, 0.15) is 0 Å². The van der Waals surface area contributed by atoms with Crippen LogP contribution in [0.2, 0.25) is 0 Å². The predicted octanol–water partition coefficient (Wildman–Crippen LogP) is 2.38. The maximum absolute atomic E-state index is 9.17. The van der Waals surface area contributed by atoms with Gasteiger partial charge in [-0.05, 0) is 46.6 Å². The van der Waals surface area contributed by atoms with Gasteiger partial charge < -0.3 is 5.11 Å². The third-order valence-electron chi connectivity index (χ3n) is 3.92. The predicted molar refractivity (Wildman–Crippen MR) is 77.0 cm³/mol. The topological polar surface area (TPSA) is 41.3 Å². The lowest BCUT2D eigenvalue weighted by Crippen LogP contribution is -2.39. The molecule has 108 valence electrons. The fourth-order valence-electron chi connectivity index (χ4n) is 2.79. The highest BCUT2D eigenvalue weighted by molar-refractivity contribution is 5.05. The lowest BCUT2D eigenvalue weighted by atomic mass is 9.99. The maximum Gasteiger partial charge on any atom is 0.0543 e. The molecule has 4 heteroatoms. The smallest absolute Gasteiger partial charge is 0.0543 e. The maximum atomic E-state index is 9.17. The summed E-state index contributed by atoms with van der Waals surface area (Å²) < 4.78 is 2.04. The number of aromatic nitrogens is 2. The van der Waals surface area contributed by atoms with E-state index in [2.05, 4.69) is 37.0 Å². The van der Waals surface area contributed by atoms with E-state index in [0.717, 1.165) is 19.5 Å². The first-order valence-electron chi connectivity index (χ1n) is 7.39. The molecule has 1 aromatic heterocycles. The van der Waals surface area contributed by atoms with Crippen molar-refractivity contribution in [3.8, 4) is 0 Å². The monoisotopic (exact) mass is 265 g/mol. The second-order valence-electron chi connectivity index (χ2n) is 6.60. The minimum absolute atomic E-state index is 0.0463. The molecule has 19 heavy (non-hydrogen) atoms. The van der Waals surface area contributed by atoms with Crippen molar-refractivity contribution in [3.63, 3.8) is 0 Å². The Morgan fingerprint density at radius 1 is 1.37 bits per heavy atom. The van der Waals surface area contributed by atoms with E-state index >= 15 is 0 Å². The lowest BCUT2D eigenvalue weighted by molar-refractivity contribution is 0.112. The SMILES string of the molecule is CC(C)(C)n1cc(CN2CCCCC2CCO)cn1. The highest BCUT2D eigenvalue weighted by Gasteiger charge is 2.23. The van der Waals surface area contributed by atoms with Gasteiger partial charge in [-0.1, -0.05) is 6.42 Å². The molecular weight excluding hydrogens is 238 g/mol. The summed E-state index contributed by atoms with van der Waals surface area (Å²) in [7, 11) is 0. The Labute approximate surface area is 116 Å². The lowest BCUT2D eigenvalue weighted by Gasteiger charge is -2.35. The van der Waals surface area contributed by atoms with Crippen LogP contribution in [-0.2, 0) is 12.1 Å². The normalized spacial score (nSPS) is 21.8.